The molecule has 20 heavy (non-hydrogen) atoms. The predicted octanol–water partition coefficient (Wildman–Crippen LogP) is 3.58. The van der Waals surface area contributed by atoms with Gasteiger partial charge in [-0.3, -0.25) is 0 Å². The Labute approximate surface area is 122 Å². The molecule has 0 aliphatic heterocycles. The summed E-state index contributed by atoms with van der Waals surface area (Å²) in [6, 6.07) is 7.84. The van der Waals surface area contributed by atoms with Crippen molar-refractivity contribution in [2.45, 2.75) is 38.6 Å². The highest BCUT2D eigenvalue weighted by Gasteiger charge is 2.16. The lowest BCUT2D eigenvalue weighted by Crippen LogP contribution is -2.26. The second-order valence-corrected chi connectivity index (χ2v) is 5.84. The highest BCUT2D eigenvalue weighted by atomic mass is 16.5. The lowest BCUT2D eigenvalue weighted by atomic mass is 9.89. The van der Waals surface area contributed by atoms with Gasteiger partial charge in [0.1, 0.15) is 5.75 Å². The van der Waals surface area contributed by atoms with Gasteiger partial charge in [0.15, 0.2) is 0 Å². The van der Waals surface area contributed by atoms with Crippen molar-refractivity contribution < 1.29 is 4.74 Å². The maximum atomic E-state index is 9.02. The fraction of sp³-hybridized carbons (Fsp3) is 0.588. The number of ether oxygens (including phenoxy) is 1. The van der Waals surface area contributed by atoms with Gasteiger partial charge in [-0.15, -0.1) is 0 Å². The number of hydrogen-bond donors (Lipinski definition) is 0. The quantitative estimate of drug-likeness (QED) is 0.822. The summed E-state index contributed by atoms with van der Waals surface area (Å²) in [5, 5.41) is 9.02. The molecule has 3 heteroatoms. The van der Waals surface area contributed by atoms with Crippen molar-refractivity contribution in [3.8, 4) is 11.8 Å². The van der Waals surface area contributed by atoms with E-state index in [0.717, 1.165) is 30.3 Å². The van der Waals surface area contributed by atoms with Crippen LogP contribution in [0.5, 0.6) is 5.75 Å². The fourth-order valence-corrected chi connectivity index (χ4v) is 3.14. The summed E-state index contributed by atoms with van der Waals surface area (Å²) in [4.78, 5) is 2.36. The molecular formula is C17H24N2O. The maximum Gasteiger partial charge on any atom is 0.123 e. The van der Waals surface area contributed by atoms with Gasteiger partial charge in [-0.1, -0.05) is 19.3 Å². The Hall–Kier alpha value is -1.53. The predicted molar refractivity (Wildman–Crippen MR) is 80.6 cm³/mol. The van der Waals surface area contributed by atoms with Gasteiger partial charge in [0, 0.05) is 18.7 Å². The molecule has 1 aromatic carbocycles. The Kier molecular flexibility index (Phi) is 5.43. The van der Waals surface area contributed by atoms with Crippen LogP contribution in [0.15, 0.2) is 18.2 Å². The lowest BCUT2D eigenvalue weighted by molar-refractivity contribution is 0.226. The standard InChI is InChI=1S/C17H24N2O/c1-19(12-14-6-4-3-5-7-14)13-16-10-15(11-18)8-9-17(16)20-2/h8-10,14H,3-7,12-13H2,1-2H3. The molecule has 0 spiro atoms. The third kappa shape index (κ3) is 3.98. The van der Waals surface area contributed by atoms with Crippen LogP contribution in [0.1, 0.15) is 43.2 Å². The van der Waals surface area contributed by atoms with Crippen molar-refractivity contribution in [1.29, 1.82) is 5.26 Å². The van der Waals surface area contributed by atoms with E-state index in [2.05, 4.69) is 18.0 Å². The Morgan fingerprint density at radius 2 is 2.05 bits per heavy atom. The highest BCUT2D eigenvalue weighted by molar-refractivity contribution is 5.41. The van der Waals surface area contributed by atoms with Gasteiger partial charge in [-0.05, 0) is 44.0 Å². The highest BCUT2D eigenvalue weighted by Crippen LogP contribution is 2.26. The number of benzene rings is 1. The first-order valence-electron chi connectivity index (χ1n) is 7.48. The Morgan fingerprint density at radius 1 is 1.30 bits per heavy atom. The van der Waals surface area contributed by atoms with Crippen LogP contribution in [-0.2, 0) is 6.54 Å². The molecule has 0 heterocycles. The Morgan fingerprint density at radius 3 is 2.70 bits per heavy atom. The van der Waals surface area contributed by atoms with Gasteiger partial charge in [-0.2, -0.15) is 5.26 Å². The monoisotopic (exact) mass is 272 g/mol. The van der Waals surface area contributed by atoms with Crippen molar-refractivity contribution in [2.24, 2.45) is 5.92 Å². The fourth-order valence-electron chi connectivity index (χ4n) is 3.14. The van der Waals surface area contributed by atoms with Crippen LogP contribution in [0, 0.1) is 17.2 Å². The molecule has 108 valence electrons. The minimum absolute atomic E-state index is 0.701. The topological polar surface area (TPSA) is 36.3 Å². The first-order valence-corrected chi connectivity index (χ1v) is 7.48. The molecule has 1 aliphatic rings. The average Bonchev–Trinajstić information content (AvgIpc) is 2.48. The van der Waals surface area contributed by atoms with Crippen molar-refractivity contribution in [1.82, 2.24) is 4.90 Å². The molecule has 0 unspecified atom stereocenters. The van der Waals surface area contributed by atoms with Crippen molar-refractivity contribution >= 4 is 0 Å². The van der Waals surface area contributed by atoms with E-state index in [1.54, 1.807) is 7.11 Å². The summed E-state index contributed by atoms with van der Waals surface area (Å²) < 4.78 is 5.40. The third-order valence-corrected chi connectivity index (χ3v) is 4.14. The molecule has 0 N–H and O–H groups in total. The molecule has 1 fully saturated rings. The SMILES string of the molecule is COc1ccc(C#N)cc1CN(C)CC1CCCCC1. The van der Waals surface area contributed by atoms with Crippen molar-refractivity contribution in [3.63, 3.8) is 0 Å². The van der Waals surface area contributed by atoms with Gasteiger partial charge in [0.05, 0.1) is 18.7 Å². The zero-order valence-electron chi connectivity index (χ0n) is 12.6. The molecule has 1 aromatic rings. The van der Waals surface area contributed by atoms with Gasteiger partial charge < -0.3 is 9.64 Å². The third-order valence-electron chi connectivity index (χ3n) is 4.14. The first-order chi connectivity index (χ1) is 9.72. The summed E-state index contributed by atoms with van der Waals surface area (Å²) >= 11 is 0. The molecule has 1 aliphatic carbocycles. The largest absolute Gasteiger partial charge is 0.496 e. The summed E-state index contributed by atoms with van der Waals surface area (Å²) in [6.45, 7) is 1.98. The van der Waals surface area contributed by atoms with Crippen LogP contribution >= 0.6 is 0 Å². The summed E-state index contributed by atoms with van der Waals surface area (Å²) in [6.07, 6.45) is 6.88. The second kappa shape index (κ2) is 7.31. The van der Waals surface area contributed by atoms with E-state index in [0.29, 0.717) is 5.56 Å². The number of nitrogens with zero attached hydrogens (tertiary/aromatic N) is 2. The van der Waals surface area contributed by atoms with Crippen LogP contribution in [0.25, 0.3) is 0 Å². The normalized spacial score (nSPS) is 16.1. The number of methoxy groups -OCH3 is 1. The van der Waals surface area contributed by atoms with Crippen LogP contribution in [-0.4, -0.2) is 25.6 Å². The Bertz CT molecular complexity index is 472. The van der Waals surface area contributed by atoms with Crippen molar-refractivity contribution in [3.05, 3.63) is 29.3 Å². The van der Waals surface area contributed by atoms with E-state index < -0.39 is 0 Å². The maximum absolute atomic E-state index is 9.02. The van der Waals surface area contributed by atoms with Crippen LogP contribution < -0.4 is 4.74 Å². The number of hydrogen-bond acceptors (Lipinski definition) is 3. The molecule has 3 nitrogen and oxygen atoms in total. The van der Waals surface area contributed by atoms with Crippen LogP contribution in [0.2, 0.25) is 0 Å². The van der Waals surface area contributed by atoms with Gasteiger partial charge in [-0.25, -0.2) is 0 Å². The van der Waals surface area contributed by atoms with Gasteiger partial charge >= 0.3 is 0 Å². The van der Waals surface area contributed by atoms with E-state index in [9.17, 15) is 0 Å². The molecule has 0 bridgehead atoms. The minimum Gasteiger partial charge on any atom is -0.496 e. The average molecular weight is 272 g/mol. The lowest BCUT2D eigenvalue weighted by Gasteiger charge is -2.27. The Balaban J connectivity index is 1.99. The van der Waals surface area contributed by atoms with Crippen LogP contribution in [0.3, 0.4) is 0 Å². The van der Waals surface area contributed by atoms with E-state index in [1.165, 1.54) is 32.1 Å². The summed E-state index contributed by atoms with van der Waals surface area (Å²) in [5.41, 5.74) is 1.80. The first kappa shape index (κ1) is 14.9. The van der Waals surface area contributed by atoms with Gasteiger partial charge in [0.2, 0.25) is 0 Å². The minimum atomic E-state index is 0.701. The smallest absolute Gasteiger partial charge is 0.123 e. The second-order valence-electron chi connectivity index (χ2n) is 5.84. The molecule has 0 saturated heterocycles. The number of nitriles is 1. The summed E-state index contributed by atoms with van der Waals surface area (Å²) in [7, 11) is 3.85. The van der Waals surface area contributed by atoms with E-state index in [4.69, 9.17) is 10.00 Å². The molecule has 0 amide bonds. The molecule has 2 rings (SSSR count). The zero-order valence-corrected chi connectivity index (χ0v) is 12.6. The zero-order chi connectivity index (χ0) is 14.4. The van der Waals surface area contributed by atoms with E-state index >= 15 is 0 Å². The van der Waals surface area contributed by atoms with Crippen LogP contribution in [0.4, 0.5) is 0 Å². The van der Waals surface area contributed by atoms with Gasteiger partial charge in [0.25, 0.3) is 0 Å². The van der Waals surface area contributed by atoms with E-state index in [-0.39, 0.29) is 0 Å². The molecule has 0 atom stereocenters. The molecule has 0 radical (unpaired) electrons. The number of rotatable bonds is 5. The molecule has 0 aromatic heterocycles. The molecule has 1 saturated carbocycles. The van der Waals surface area contributed by atoms with E-state index in [1.807, 2.05) is 18.2 Å². The summed E-state index contributed by atoms with van der Waals surface area (Å²) in [5.74, 6) is 1.71. The molecular weight excluding hydrogens is 248 g/mol. The van der Waals surface area contributed by atoms with Crippen molar-refractivity contribution in [2.75, 3.05) is 20.7 Å².